The highest BCUT2D eigenvalue weighted by Crippen LogP contribution is 2.33. The molecule has 0 saturated carbocycles. The van der Waals surface area contributed by atoms with Gasteiger partial charge in [-0.2, -0.15) is 18.3 Å². The Morgan fingerprint density at radius 1 is 1.26 bits per heavy atom. The fourth-order valence-corrected chi connectivity index (χ4v) is 3.20. The molecule has 1 aromatic carbocycles. The van der Waals surface area contributed by atoms with Gasteiger partial charge in [-0.05, 0) is 24.3 Å². The molecule has 31 heavy (non-hydrogen) atoms. The number of amides is 1. The number of aryl methyl sites for hydroxylation is 1. The van der Waals surface area contributed by atoms with Gasteiger partial charge in [-0.25, -0.2) is 9.37 Å². The van der Waals surface area contributed by atoms with Crippen molar-refractivity contribution in [2.24, 2.45) is 7.05 Å². The molecule has 0 aliphatic carbocycles. The Balaban J connectivity index is 1.43. The van der Waals surface area contributed by atoms with E-state index >= 15 is 0 Å². The van der Waals surface area contributed by atoms with Crippen molar-refractivity contribution in [3.63, 3.8) is 0 Å². The van der Waals surface area contributed by atoms with Crippen molar-refractivity contribution in [1.29, 1.82) is 0 Å². The molecule has 162 valence electrons. The summed E-state index contributed by atoms with van der Waals surface area (Å²) >= 11 is 0. The quantitative estimate of drug-likeness (QED) is 0.622. The summed E-state index contributed by atoms with van der Waals surface area (Å²) in [5, 5.41) is 6.69. The summed E-state index contributed by atoms with van der Waals surface area (Å²) in [7, 11) is 1.72. The number of ether oxygens (including phenoxy) is 1. The highest BCUT2D eigenvalue weighted by Gasteiger charge is 2.34. The van der Waals surface area contributed by atoms with Crippen molar-refractivity contribution in [1.82, 2.24) is 14.8 Å². The average Bonchev–Trinajstić information content (AvgIpc) is 3.08. The number of carbonyl (C=O) groups is 1. The number of pyridine rings is 1. The summed E-state index contributed by atoms with van der Waals surface area (Å²) in [4.78, 5) is 18.6. The molecular weight excluding hydrogens is 418 g/mol. The predicted molar refractivity (Wildman–Crippen MR) is 103 cm³/mol. The molecule has 11 heteroatoms. The second-order valence-corrected chi connectivity index (χ2v) is 7.05. The molecule has 1 aliphatic rings. The zero-order valence-corrected chi connectivity index (χ0v) is 16.2. The van der Waals surface area contributed by atoms with Gasteiger partial charge in [0.25, 0.3) is 5.91 Å². The highest BCUT2D eigenvalue weighted by molar-refractivity contribution is 6.06. The third-order valence-electron chi connectivity index (χ3n) is 4.65. The number of hydrogen-bond acceptors (Lipinski definition) is 5. The molecule has 7 nitrogen and oxygen atoms in total. The minimum Gasteiger partial charge on any atom is -0.487 e. The first-order valence-corrected chi connectivity index (χ1v) is 9.23. The standard InChI is InChI=1S/C20H17F4N5O2/c1-28-9-14(8-26-28)27-19(30)18-17(3-2-4-25-18)29-10-16(11-29)31-15-6-12(20(22,23)24)5-13(21)7-15/h2-9,16H,10-11H2,1H3,(H,27,30). The first kappa shape index (κ1) is 20.6. The molecular formula is C20H17F4N5O2. The van der Waals surface area contributed by atoms with Crippen molar-refractivity contribution < 1.29 is 27.1 Å². The van der Waals surface area contributed by atoms with Crippen LogP contribution in [0.25, 0.3) is 0 Å². The van der Waals surface area contributed by atoms with E-state index in [9.17, 15) is 22.4 Å². The van der Waals surface area contributed by atoms with E-state index in [1.54, 1.807) is 35.0 Å². The largest absolute Gasteiger partial charge is 0.487 e. The zero-order valence-electron chi connectivity index (χ0n) is 16.2. The fraction of sp³-hybridized carbons (Fsp3) is 0.250. The van der Waals surface area contributed by atoms with Crippen LogP contribution in [0.3, 0.4) is 0 Å². The monoisotopic (exact) mass is 435 g/mol. The maximum Gasteiger partial charge on any atom is 0.416 e. The van der Waals surface area contributed by atoms with Crippen LogP contribution >= 0.6 is 0 Å². The van der Waals surface area contributed by atoms with Crippen LogP contribution in [0.2, 0.25) is 0 Å². The van der Waals surface area contributed by atoms with E-state index < -0.39 is 29.6 Å². The molecule has 1 fully saturated rings. The Kier molecular flexibility index (Phi) is 5.25. The molecule has 1 N–H and O–H groups in total. The summed E-state index contributed by atoms with van der Waals surface area (Å²) in [6, 6.07) is 5.48. The molecule has 4 rings (SSSR count). The smallest absolute Gasteiger partial charge is 0.416 e. The van der Waals surface area contributed by atoms with Crippen molar-refractivity contribution in [2.45, 2.75) is 12.3 Å². The van der Waals surface area contributed by atoms with Gasteiger partial charge in [-0.3, -0.25) is 9.48 Å². The molecule has 3 heterocycles. The Morgan fingerprint density at radius 3 is 2.71 bits per heavy atom. The molecule has 0 radical (unpaired) electrons. The van der Waals surface area contributed by atoms with Gasteiger partial charge >= 0.3 is 6.18 Å². The van der Waals surface area contributed by atoms with Crippen LogP contribution in [0.15, 0.2) is 48.9 Å². The summed E-state index contributed by atoms with van der Waals surface area (Å²) < 4.78 is 59.2. The maximum atomic E-state index is 13.5. The topological polar surface area (TPSA) is 72.3 Å². The number of aromatic nitrogens is 3. The van der Waals surface area contributed by atoms with Gasteiger partial charge < -0.3 is 15.0 Å². The number of anilines is 2. The molecule has 2 aromatic heterocycles. The fourth-order valence-electron chi connectivity index (χ4n) is 3.20. The van der Waals surface area contributed by atoms with Crippen molar-refractivity contribution in [3.8, 4) is 5.75 Å². The summed E-state index contributed by atoms with van der Waals surface area (Å²) in [6.07, 6.45) is -0.499. The van der Waals surface area contributed by atoms with Crippen LogP contribution in [-0.2, 0) is 13.2 Å². The maximum absolute atomic E-state index is 13.5. The van der Waals surface area contributed by atoms with Gasteiger partial charge in [-0.1, -0.05) is 0 Å². The number of carbonyl (C=O) groups excluding carboxylic acids is 1. The summed E-state index contributed by atoms with van der Waals surface area (Å²) in [6.45, 7) is 0.605. The van der Waals surface area contributed by atoms with E-state index in [4.69, 9.17) is 4.74 Å². The lowest BCUT2D eigenvalue weighted by Gasteiger charge is -2.41. The number of halogens is 4. The number of benzene rings is 1. The second kappa shape index (κ2) is 7.89. The first-order chi connectivity index (χ1) is 14.7. The SMILES string of the molecule is Cn1cc(NC(=O)c2ncccc2N2CC(Oc3cc(F)cc(C(F)(F)F)c3)C2)cn1. The van der Waals surface area contributed by atoms with Gasteiger partial charge in [-0.15, -0.1) is 0 Å². The molecule has 3 aromatic rings. The van der Waals surface area contributed by atoms with E-state index in [0.717, 1.165) is 12.1 Å². The van der Waals surface area contributed by atoms with Gasteiger partial charge in [0.2, 0.25) is 0 Å². The van der Waals surface area contributed by atoms with Crippen LogP contribution in [0.4, 0.5) is 28.9 Å². The van der Waals surface area contributed by atoms with E-state index in [1.807, 2.05) is 0 Å². The van der Waals surface area contributed by atoms with Crippen LogP contribution in [0, 0.1) is 5.82 Å². The lowest BCUT2D eigenvalue weighted by molar-refractivity contribution is -0.137. The number of rotatable bonds is 5. The highest BCUT2D eigenvalue weighted by atomic mass is 19.4. The van der Waals surface area contributed by atoms with Crippen LogP contribution in [-0.4, -0.2) is 39.9 Å². The Morgan fingerprint density at radius 2 is 2.03 bits per heavy atom. The average molecular weight is 435 g/mol. The molecule has 0 bridgehead atoms. The summed E-state index contributed by atoms with van der Waals surface area (Å²) in [5.41, 5.74) is 0.148. The van der Waals surface area contributed by atoms with Gasteiger partial charge in [0.05, 0.1) is 36.2 Å². The third-order valence-corrected chi connectivity index (χ3v) is 4.65. The van der Waals surface area contributed by atoms with E-state index in [0.29, 0.717) is 30.5 Å². The van der Waals surface area contributed by atoms with E-state index in [1.165, 1.54) is 12.4 Å². The summed E-state index contributed by atoms with van der Waals surface area (Å²) in [5.74, 6) is -1.65. The molecule has 0 spiro atoms. The lowest BCUT2D eigenvalue weighted by Crippen LogP contribution is -2.54. The first-order valence-electron chi connectivity index (χ1n) is 9.23. The van der Waals surface area contributed by atoms with Gasteiger partial charge in [0, 0.05) is 25.5 Å². The van der Waals surface area contributed by atoms with Crippen LogP contribution in [0.1, 0.15) is 16.1 Å². The van der Waals surface area contributed by atoms with Gasteiger partial charge in [0.15, 0.2) is 5.69 Å². The molecule has 1 aliphatic heterocycles. The Labute approximate surface area is 174 Å². The molecule has 0 atom stereocenters. The van der Waals surface area contributed by atoms with Crippen molar-refractivity contribution in [3.05, 3.63) is 66.0 Å². The van der Waals surface area contributed by atoms with Crippen molar-refractivity contribution >= 4 is 17.3 Å². The zero-order chi connectivity index (χ0) is 22.2. The minimum atomic E-state index is -4.67. The predicted octanol–water partition coefficient (Wildman–Crippen LogP) is 3.49. The van der Waals surface area contributed by atoms with E-state index in [-0.39, 0.29) is 11.4 Å². The van der Waals surface area contributed by atoms with Crippen LogP contribution < -0.4 is 15.0 Å². The Hall–Kier alpha value is -3.63. The molecule has 1 saturated heterocycles. The normalized spacial score (nSPS) is 14.3. The second-order valence-electron chi connectivity index (χ2n) is 7.05. The van der Waals surface area contributed by atoms with Crippen LogP contribution in [0.5, 0.6) is 5.75 Å². The molecule has 0 unspecified atom stereocenters. The number of nitrogens with one attached hydrogen (secondary N) is 1. The van der Waals surface area contributed by atoms with E-state index in [2.05, 4.69) is 15.4 Å². The molecule has 1 amide bonds. The number of nitrogens with zero attached hydrogens (tertiary/aromatic N) is 4. The van der Waals surface area contributed by atoms with Crippen molar-refractivity contribution in [2.75, 3.05) is 23.3 Å². The number of hydrogen-bond donors (Lipinski definition) is 1. The number of alkyl halides is 3. The lowest BCUT2D eigenvalue weighted by atomic mass is 10.1. The van der Waals surface area contributed by atoms with Gasteiger partial charge in [0.1, 0.15) is 17.7 Å². The third kappa shape index (κ3) is 4.60. The Bertz CT molecular complexity index is 1110. The minimum absolute atomic E-state index is 0.190.